The highest BCUT2D eigenvalue weighted by molar-refractivity contribution is 7.80. The molecule has 1 saturated heterocycles. The highest BCUT2D eigenvalue weighted by Crippen LogP contribution is 2.34. The Labute approximate surface area is 204 Å². The van der Waals surface area contributed by atoms with Crippen molar-refractivity contribution in [2.75, 3.05) is 52.5 Å². The first kappa shape index (κ1) is 23.1. The van der Waals surface area contributed by atoms with Crippen molar-refractivity contribution in [1.29, 1.82) is 0 Å². The SMILES string of the molecule is Fc1ccc(/C=C2\CN(CCN3CCOCC3)CC3=C2NC(=S)NC3c2ccc(F)cc2)cc1. The molecule has 3 aliphatic rings. The predicted octanol–water partition coefficient (Wildman–Crippen LogP) is 3.47. The van der Waals surface area contributed by atoms with Crippen LogP contribution in [0.25, 0.3) is 6.08 Å². The van der Waals surface area contributed by atoms with E-state index >= 15 is 0 Å². The van der Waals surface area contributed by atoms with Crippen molar-refractivity contribution >= 4 is 23.4 Å². The Morgan fingerprint density at radius 3 is 2.26 bits per heavy atom. The summed E-state index contributed by atoms with van der Waals surface area (Å²) >= 11 is 5.54. The first-order valence-corrected chi connectivity index (χ1v) is 12.0. The van der Waals surface area contributed by atoms with Gasteiger partial charge in [-0.1, -0.05) is 24.3 Å². The number of rotatable bonds is 5. The van der Waals surface area contributed by atoms with Crippen molar-refractivity contribution in [3.63, 3.8) is 0 Å². The van der Waals surface area contributed by atoms with E-state index in [0.717, 1.165) is 74.9 Å². The average molecular weight is 483 g/mol. The van der Waals surface area contributed by atoms with Gasteiger partial charge in [-0.3, -0.25) is 9.80 Å². The summed E-state index contributed by atoms with van der Waals surface area (Å²) in [6.45, 7) is 6.88. The summed E-state index contributed by atoms with van der Waals surface area (Å²) < 4.78 is 32.6. The highest BCUT2D eigenvalue weighted by Gasteiger charge is 2.33. The summed E-state index contributed by atoms with van der Waals surface area (Å²) in [5.41, 5.74) is 5.18. The molecule has 0 aromatic heterocycles. The molecule has 178 valence electrons. The minimum absolute atomic E-state index is 0.146. The molecule has 0 amide bonds. The molecular formula is C26H28F2N4OS. The number of hydrogen-bond acceptors (Lipinski definition) is 4. The third-order valence-corrected chi connectivity index (χ3v) is 6.76. The third kappa shape index (κ3) is 5.36. The van der Waals surface area contributed by atoms with Gasteiger partial charge in [-0.25, -0.2) is 8.78 Å². The second kappa shape index (κ2) is 10.3. The van der Waals surface area contributed by atoms with Crippen LogP contribution in [0.3, 0.4) is 0 Å². The van der Waals surface area contributed by atoms with Crippen molar-refractivity contribution in [3.05, 3.63) is 88.1 Å². The molecule has 34 heavy (non-hydrogen) atoms. The number of benzene rings is 2. The molecule has 3 aliphatic heterocycles. The molecule has 5 nitrogen and oxygen atoms in total. The van der Waals surface area contributed by atoms with Gasteiger partial charge in [0.05, 0.1) is 19.3 Å². The number of nitrogens with one attached hydrogen (secondary N) is 2. The maximum Gasteiger partial charge on any atom is 0.171 e. The number of halogens is 2. The fourth-order valence-electron chi connectivity index (χ4n) is 4.75. The molecule has 2 aromatic rings. The molecule has 1 fully saturated rings. The minimum atomic E-state index is -0.262. The van der Waals surface area contributed by atoms with E-state index in [9.17, 15) is 8.78 Å². The fourth-order valence-corrected chi connectivity index (χ4v) is 4.97. The van der Waals surface area contributed by atoms with Gasteiger partial charge in [0, 0.05) is 45.0 Å². The van der Waals surface area contributed by atoms with Crippen LogP contribution >= 0.6 is 12.2 Å². The van der Waals surface area contributed by atoms with E-state index in [1.807, 2.05) is 12.1 Å². The van der Waals surface area contributed by atoms with Gasteiger partial charge in [0.15, 0.2) is 5.11 Å². The maximum absolute atomic E-state index is 13.6. The van der Waals surface area contributed by atoms with E-state index < -0.39 is 0 Å². The van der Waals surface area contributed by atoms with Crippen LogP contribution in [-0.4, -0.2) is 67.4 Å². The van der Waals surface area contributed by atoms with Gasteiger partial charge in [-0.15, -0.1) is 0 Å². The molecule has 0 radical (unpaired) electrons. The normalized spacial score (nSPS) is 22.9. The lowest BCUT2D eigenvalue weighted by Crippen LogP contribution is -2.51. The molecule has 1 unspecified atom stereocenters. The lowest BCUT2D eigenvalue weighted by Gasteiger charge is -2.41. The molecular weight excluding hydrogens is 454 g/mol. The van der Waals surface area contributed by atoms with Gasteiger partial charge >= 0.3 is 0 Å². The van der Waals surface area contributed by atoms with E-state index in [4.69, 9.17) is 17.0 Å². The van der Waals surface area contributed by atoms with E-state index in [0.29, 0.717) is 5.11 Å². The molecule has 0 saturated carbocycles. The van der Waals surface area contributed by atoms with Crippen LogP contribution in [0.15, 0.2) is 65.4 Å². The van der Waals surface area contributed by atoms with Crippen molar-refractivity contribution < 1.29 is 13.5 Å². The zero-order valence-electron chi connectivity index (χ0n) is 18.9. The molecule has 2 aromatic carbocycles. The second-order valence-corrected chi connectivity index (χ2v) is 9.28. The van der Waals surface area contributed by atoms with Gasteiger partial charge in [-0.05, 0) is 64.8 Å². The first-order chi connectivity index (χ1) is 16.5. The van der Waals surface area contributed by atoms with Crippen molar-refractivity contribution in [2.24, 2.45) is 0 Å². The summed E-state index contributed by atoms with van der Waals surface area (Å²) in [5, 5.41) is 7.29. The first-order valence-electron chi connectivity index (χ1n) is 11.6. The van der Waals surface area contributed by atoms with Crippen LogP contribution in [0.4, 0.5) is 8.78 Å². The van der Waals surface area contributed by atoms with Crippen LogP contribution in [0.5, 0.6) is 0 Å². The zero-order valence-corrected chi connectivity index (χ0v) is 19.7. The monoisotopic (exact) mass is 482 g/mol. The standard InChI is InChI=1S/C26H28F2N4OS/c27-21-5-1-18(2-6-21)15-20-16-32(10-9-31-11-13-33-14-12-31)17-23-24(29-26(34)30-25(20)23)19-3-7-22(28)8-4-19/h1-8,15,24H,9-14,16-17H2,(H2,29,30,34)/b20-15+. The Bertz CT molecular complexity index is 1090. The second-order valence-electron chi connectivity index (χ2n) is 8.87. The number of hydrogen-bond donors (Lipinski definition) is 2. The Morgan fingerprint density at radius 2 is 1.56 bits per heavy atom. The predicted molar refractivity (Wildman–Crippen MR) is 133 cm³/mol. The van der Waals surface area contributed by atoms with E-state index in [1.165, 1.54) is 29.8 Å². The third-order valence-electron chi connectivity index (χ3n) is 6.54. The average Bonchev–Trinajstić information content (AvgIpc) is 2.85. The molecule has 2 N–H and O–H groups in total. The van der Waals surface area contributed by atoms with E-state index in [2.05, 4.69) is 26.5 Å². The fraction of sp³-hybridized carbons (Fsp3) is 0.346. The summed E-state index contributed by atoms with van der Waals surface area (Å²) in [7, 11) is 0. The summed E-state index contributed by atoms with van der Waals surface area (Å²) in [5.74, 6) is -0.516. The molecule has 0 spiro atoms. The molecule has 1 atom stereocenters. The Morgan fingerprint density at radius 1 is 0.912 bits per heavy atom. The number of ether oxygens (including phenoxy) is 1. The Kier molecular flexibility index (Phi) is 7.01. The van der Waals surface area contributed by atoms with Crippen LogP contribution in [0.1, 0.15) is 17.2 Å². The van der Waals surface area contributed by atoms with Crippen molar-refractivity contribution in [3.8, 4) is 0 Å². The zero-order chi connectivity index (χ0) is 23.5. The maximum atomic E-state index is 13.6. The lowest BCUT2D eigenvalue weighted by molar-refractivity contribution is 0.0339. The van der Waals surface area contributed by atoms with Gasteiger partial charge in [0.1, 0.15) is 11.6 Å². The Hall–Kier alpha value is -2.65. The summed E-state index contributed by atoms with van der Waals surface area (Å²) in [6.07, 6.45) is 2.10. The van der Waals surface area contributed by atoms with Crippen LogP contribution in [0, 0.1) is 11.6 Å². The van der Waals surface area contributed by atoms with E-state index in [-0.39, 0.29) is 17.7 Å². The summed E-state index contributed by atoms with van der Waals surface area (Å²) in [6, 6.07) is 13.0. The van der Waals surface area contributed by atoms with Gasteiger partial charge in [0.2, 0.25) is 0 Å². The molecule has 3 heterocycles. The van der Waals surface area contributed by atoms with Crippen LogP contribution < -0.4 is 10.6 Å². The Balaban J connectivity index is 1.47. The molecule has 0 bridgehead atoms. The number of nitrogens with zero attached hydrogens (tertiary/aromatic N) is 2. The number of thiocarbonyl (C=S) groups is 1. The van der Waals surface area contributed by atoms with Gasteiger partial charge in [-0.2, -0.15) is 0 Å². The topological polar surface area (TPSA) is 39.8 Å². The molecule has 5 rings (SSSR count). The van der Waals surface area contributed by atoms with Gasteiger partial charge < -0.3 is 15.4 Å². The van der Waals surface area contributed by atoms with Crippen molar-refractivity contribution in [2.45, 2.75) is 6.04 Å². The quantitative estimate of drug-likeness (QED) is 0.636. The van der Waals surface area contributed by atoms with E-state index in [1.54, 1.807) is 12.1 Å². The lowest BCUT2D eigenvalue weighted by atomic mass is 9.89. The molecule has 0 aliphatic carbocycles. The van der Waals surface area contributed by atoms with Crippen LogP contribution in [-0.2, 0) is 4.74 Å². The summed E-state index contributed by atoms with van der Waals surface area (Å²) in [4.78, 5) is 4.86. The van der Waals surface area contributed by atoms with Gasteiger partial charge in [0.25, 0.3) is 0 Å². The molecule has 8 heteroatoms. The highest BCUT2D eigenvalue weighted by atomic mass is 32.1. The largest absolute Gasteiger partial charge is 0.379 e. The smallest absolute Gasteiger partial charge is 0.171 e. The minimum Gasteiger partial charge on any atom is -0.379 e. The van der Waals surface area contributed by atoms with Crippen LogP contribution in [0.2, 0.25) is 0 Å². The van der Waals surface area contributed by atoms with Crippen molar-refractivity contribution in [1.82, 2.24) is 20.4 Å². The number of morpholine rings is 1.